The van der Waals surface area contributed by atoms with Crippen molar-refractivity contribution in [2.75, 3.05) is 4.90 Å². The first kappa shape index (κ1) is 12.2. The number of carbonyl (C=O) groups is 2. The first-order valence-corrected chi connectivity index (χ1v) is 6.54. The van der Waals surface area contributed by atoms with Crippen LogP contribution in [0.5, 0.6) is 0 Å². The van der Waals surface area contributed by atoms with Gasteiger partial charge < -0.3 is 4.74 Å². The predicted molar refractivity (Wildman–Crippen MR) is 70.4 cm³/mol. The molecule has 1 aromatic rings. The first-order chi connectivity index (χ1) is 10.1. The van der Waals surface area contributed by atoms with E-state index in [1.807, 2.05) is 0 Å². The number of imide groups is 1. The Morgan fingerprint density at radius 1 is 1.05 bits per heavy atom. The molecule has 4 atom stereocenters. The fourth-order valence-electron chi connectivity index (χ4n) is 3.35. The summed E-state index contributed by atoms with van der Waals surface area (Å²) in [4.78, 5) is 36.5. The van der Waals surface area contributed by atoms with E-state index >= 15 is 0 Å². The highest BCUT2D eigenvalue weighted by atomic mass is 16.6. The van der Waals surface area contributed by atoms with Gasteiger partial charge >= 0.3 is 0 Å². The SMILES string of the molecule is O=C1[C@@H]2[C@H](C(=O)N1c1ccccc1[N+](=O)[O-])[C@H]1C=C[C@@H]2O1. The number of carbonyl (C=O) groups excluding carboxylic acids is 2. The second-order valence-electron chi connectivity index (χ2n) is 5.26. The summed E-state index contributed by atoms with van der Waals surface area (Å²) in [5.74, 6) is -1.97. The van der Waals surface area contributed by atoms with Crippen LogP contribution in [-0.2, 0) is 14.3 Å². The van der Waals surface area contributed by atoms with Gasteiger partial charge in [-0.1, -0.05) is 24.3 Å². The van der Waals surface area contributed by atoms with Crippen LogP contribution in [-0.4, -0.2) is 28.9 Å². The molecule has 3 heterocycles. The van der Waals surface area contributed by atoms with Crippen molar-refractivity contribution in [3.8, 4) is 0 Å². The summed E-state index contributed by atoms with van der Waals surface area (Å²) in [6.07, 6.45) is 2.76. The average Bonchev–Trinajstić information content (AvgIpc) is 3.13. The number of rotatable bonds is 2. The monoisotopic (exact) mass is 286 g/mol. The third kappa shape index (κ3) is 1.46. The van der Waals surface area contributed by atoms with Crippen molar-refractivity contribution >= 4 is 23.2 Å². The molecular weight excluding hydrogens is 276 g/mol. The molecule has 0 unspecified atom stereocenters. The minimum absolute atomic E-state index is 0.0336. The molecule has 0 aliphatic carbocycles. The number of nitro groups is 1. The quantitative estimate of drug-likeness (QED) is 0.350. The molecule has 7 nitrogen and oxygen atoms in total. The summed E-state index contributed by atoms with van der Waals surface area (Å²) in [6.45, 7) is 0. The van der Waals surface area contributed by atoms with Crippen LogP contribution in [0.4, 0.5) is 11.4 Å². The molecule has 2 amide bonds. The lowest BCUT2D eigenvalue weighted by Crippen LogP contribution is -2.34. The Morgan fingerprint density at radius 3 is 2.19 bits per heavy atom. The van der Waals surface area contributed by atoms with Gasteiger partial charge in [0, 0.05) is 6.07 Å². The summed E-state index contributed by atoms with van der Waals surface area (Å²) in [7, 11) is 0. The van der Waals surface area contributed by atoms with E-state index in [-0.39, 0.29) is 11.4 Å². The third-order valence-corrected chi connectivity index (χ3v) is 4.23. The summed E-state index contributed by atoms with van der Waals surface area (Å²) in [5.41, 5.74) is -0.216. The normalized spacial score (nSPS) is 32.9. The molecule has 106 valence electrons. The molecule has 21 heavy (non-hydrogen) atoms. The fourth-order valence-corrected chi connectivity index (χ4v) is 3.35. The van der Waals surface area contributed by atoms with E-state index in [4.69, 9.17) is 4.74 Å². The van der Waals surface area contributed by atoms with Crippen LogP contribution in [0.25, 0.3) is 0 Å². The molecular formula is C14H10N2O5. The largest absolute Gasteiger partial charge is 0.365 e. The molecule has 0 aromatic heterocycles. The Labute approximate surface area is 118 Å². The first-order valence-electron chi connectivity index (χ1n) is 6.54. The molecule has 0 spiro atoms. The van der Waals surface area contributed by atoms with E-state index in [0.717, 1.165) is 4.90 Å². The van der Waals surface area contributed by atoms with Gasteiger partial charge in [-0.05, 0) is 6.07 Å². The topological polar surface area (TPSA) is 89.8 Å². The Kier molecular flexibility index (Phi) is 2.32. The van der Waals surface area contributed by atoms with Crippen molar-refractivity contribution in [3.63, 3.8) is 0 Å². The van der Waals surface area contributed by atoms with E-state index in [1.165, 1.54) is 18.2 Å². The number of hydrogen-bond donors (Lipinski definition) is 0. The molecule has 2 bridgehead atoms. The Morgan fingerprint density at radius 2 is 1.62 bits per heavy atom. The Hall–Kier alpha value is -2.54. The van der Waals surface area contributed by atoms with Gasteiger partial charge in [-0.2, -0.15) is 0 Å². The minimum atomic E-state index is -0.590. The van der Waals surface area contributed by atoms with Crippen LogP contribution >= 0.6 is 0 Å². The van der Waals surface area contributed by atoms with Crippen molar-refractivity contribution in [2.45, 2.75) is 12.2 Å². The zero-order chi connectivity index (χ0) is 14.7. The maximum atomic E-state index is 12.5. The lowest BCUT2D eigenvalue weighted by Gasteiger charge is -2.17. The van der Waals surface area contributed by atoms with Crippen LogP contribution in [0.2, 0.25) is 0 Å². The van der Waals surface area contributed by atoms with Gasteiger partial charge in [-0.3, -0.25) is 19.7 Å². The average molecular weight is 286 g/mol. The molecule has 7 heteroatoms. The van der Waals surface area contributed by atoms with Crippen molar-refractivity contribution in [1.29, 1.82) is 0 Å². The smallest absolute Gasteiger partial charge is 0.293 e. The molecule has 0 N–H and O–H groups in total. The van der Waals surface area contributed by atoms with Crippen molar-refractivity contribution in [2.24, 2.45) is 11.8 Å². The van der Waals surface area contributed by atoms with Gasteiger partial charge in [0.25, 0.3) is 5.69 Å². The molecule has 3 aliphatic rings. The van der Waals surface area contributed by atoms with Crippen LogP contribution in [0.1, 0.15) is 0 Å². The number of para-hydroxylation sites is 2. The number of amides is 2. The zero-order valence-electron chi connectivity index (χ0n) is 10.7. The predicted octanol–water partition coefficient (Wildman–Crippen LogP) is 1.04. The van der Waals surface area contributed by atoms with Crippen LogP contribution < -0.4 is 4.90 Å². The molecule has 3 aliphatic heterocycles. The van der Waals surface area contributed by atoms with Gasteiger partial charge in [0.2, 0.25) is 11.8 Å². The van der Waals surface area contributed by atoms with E-state index in [1.54, 1.807) is 18.2 Å². The standard InChI is InChI=1S/C14H10N2O5/c17-13-11-9-5-6-10(21-9)12(11)14(18)15(13)7-3-1-2-4-8(7)16(19)20/h1-6,9-12H/t9-,10+,11-,12+. The molecule has 4 rings (SSSR count). The van der Waals surface area contributed by atoms with Gasteiger partial charge in [0.15, 0.2) is 0 Å². The van der Waals surface area contributed by atoms with Crippen LogP contribution in [0.15, 0.2) is 36.4 Å². The number of anilines is 1. The molecule has 2 saturated heterocycles. The second kappa shape index (κ2) is 3.98. The highest BCUT2D eigenvalue weighted by molar-refractivity contribution is 6.23. The third-order valence-electron chi connectivity index (χ3n) is 4.23. The Bertz CT molecular complexity index is 683. The number of nitrogens with zero attached hydrogens (tertiary/aromatic N) is 2. The molecule has 2 fully saturated rings. The second-order valence-corrected chi connectivity index (χ2v) is 5.26. The van der Waals surface area contributed by atoms with Crippen molar-refractivity contribution < 1.29 is 19.2 Å². The summed E-state index contributed by atoms with van der Waals surface area (Å²) < 4.78 is 5.53. The van der Waals surface area contributed by atoms with E-state index in [2.05, 4.69) is 0 Å². The van der Waals surface area contributed by atoms with Crippen LogP contribution in [0.3, 0.4) is 0 Å². The zero-order valence-corrected chi connectivity index (χ0v) is 10.7. The molecule has 0 saturated carbocycles. The maximum Gasteiger partial charge on any atom is 0.293 e. The number of benzene rings is 1. The van der Waals surface area contributed by atoms with Crippen LogP contribution in [0, 0.1) is 22.0 Å². The number of fused-ring (bicyclic) bond motifs is 5. The number of hydrogen-bond acceptors (Lipinski definition) is 5. The van der Waals surface area contributed by atoms with Gasteiger partial charge in [0.05, 0.1) is 29.0 Å². The fraction of sp³-hybridized carbons (Fsp3) is 0.286. The van der Waals surface area contributed by atoms with E-state index in [0.29, 0.717) is 0 Å². The van der Waals surface area contributed by atoms with E-state index < -0.39 is 40.8 Å². The van der Waals surface area contributed by atoms with Gasteiger partial charge in [-0.15, -0.1) is 0 Å². The van der Waals surface area contributed by atoms with Crippen molar-refractivity contribution in [1.82, 2.24) is 0 Å². The summed E-state index contributed by atoms with van der Waals surface area (Å²) in [5, 5.41) is 11.1. The maximum absolute atomic E-state index is 12.5. The minimum Gasteiger partial charge on any atom is -0.365 e. The Balaban J connectivity index is 1.80. The summed E-state index contributed by atoms with van der Waals surface area (Å²) >= 11 is 0. The van der Waals surface area contributed by atoms with Gasteiger partial charge in [-0.25, -0.2) is 4.90 Å². The molecule has 1 aromatic carbocycles. The lowest BCUT2D eigenvalue weighted by molar-refractivity contribution is -0.384. The molecule has 0 radical (unpaired) electrons. The number of nitro benzene ring substituents is 1. The lowest BCUT2D eigenvalue weighted by atomic mass is 9.85. The number of ether oxygens (including phenoxy) is 1. The van der Waals surface area contributed by atoms with Crippen molar-refractivity contribution in [3.05, 3.63) is 46.5 Å². The highest BCUT2D eigenvalue weighted by Crippen LogP contribution is 2.47. The van der Waals surface area contributed by atoms with Gasteiger partial charge in [0.1, 0.15) is 5.69 Å². The highest BCUT2D eigenvalue weighted by Gasteiger charge is 2.61. The van der Waals surface area contributed by atoms with E-state index in [9.17, 15) is 19.7 Å². The summed E-state index contributed by atoms with van der Waals surface area (Å²) in [6, 6.07) is 5.78.